The summed E-state index contributed by atoms with van der Waals surface area (Å²) in [5.41, 5.74) is 0.870. The maximum Gasteiger partial charge on any atom is 0.140 e. The molecule has 0 aliphatic rings. The predicted molar refractivity (Wildman–Crippen MR) is 54.6 cm³/mol. The Kier molecular flexibility index (Phi) is 3.19. The van der Waals surface area contributed by atoms with Crippen molar-refractivity contribution in [1.82, 2.24) is 9.97 Å². The lowest BCUT2D eigenvalue weighted by Gasteiger charge is -2.07. The third kappa shape index (κ3) is 1.93. The van der Waals surface area contributed by atoms with Crippen molar-refractivity contribution in [1.29, 1.82) is 0 Å². The number of aromatic nitrogens is 2. The van der Waals surface area contributed by atoms with Gasteiger partial charge in [-0.3, -0.25) is 4.99 Å². The molecule has 0 saturated carbocycles. The van der Waals surface area contributed by atoms with E-state index in [0.717, 1.165) is 17.2 Å². The van der Waals surface area contributed by atoms with Gasteiger partial charge in [0, 0.05) is 27.4 Å². The van der Waals surface area contributed by atoms with Gasteiger partial charge in [-0.1, -0.05) is 0 Å². The van der Waals surface area contributed by atoms with E-state index < -0.39 is 0 Å². The first kappa shape index (κ1) is 9.44. The maximum atomic E-state index is 4.07. The Hall–Kier alpha value is -1.65. The minimum atomic E-state index is 0.768. The zero-order valence-corrected chi connectivity index (χ0v) is 8.00. The first-order valence-electron chi connectivity index (χ1n) is 3.96. The molecule has 0 aromatic carbocycles. The largest absolute Gasteiger partial charge is 0.372 e. The van der Waals surface area contributed by atoms with E-state index >= 15 is 0 Å². The molecule has 0 saturated heterocycles. The molecule has 0 aliphatic heterocycles. The van der Waals surface area contributed by atoms with Crippen molar-refractivity contribution in [3.05, 3.63) is 11.9 Å². The summed E-state index contributed by atoms with van der Waals surface area (Å²) in [4.78, 5) is 12.1. The van der Waals surface area contributed by atoms with Crippen LogP contribution in [0.1, 0.15) is 5.56 Å². The Balaban J connectivity index is 3.21. The van der Waals surface area contributed by atoms with Gasteiger partial charge in [-0.2, -0.15) is 0 Å². The third-order valence-electron chi connectivity index (χ3n) is 1.62. The smallest absolute Gasteiger partial charge is 0.140 e. The molecule has 0 radical (unpaired) electrons. The second kappa shape index (κ2) is 4.39. The Morgan fingerprint density at radius 3 is 2.15 bits per heavy atom. The SMILES string of the molecule is C/N=C\c1c(NC)ncnc1NC. The summed E-state index contributed by atoms with van der Waals surface area (Å²) in [5.74, 6) is 1.54. The summed E-state index contributed by atoms with van der Waals surface area (Å²) in [5, 5.41) is 5.95. The second-order valence-corrected chi connectivity index (χ2v) is 2.37. The van der Waals surface area contributed by atoms with E-state index in [0.29, 0.717) is 0 Å². The zero-order chi connectivity index (χ0) is 9.68. The number of hydrogen-bond acceptors (Lipinski definition) is 5. The number of rotatable bonds is 3. The van der Waals surface area contributed by atoms with E-state index in [1.807, 2.05) is 14.1 Å². The van der Waals surface area contributed by atoms with Gasteiger partial charge in [0.2, 0.25) is 0 Å². The Morgan fingerprint density at radius 1 is 1.23 bits per heavy atom. The normalized spacial score (nSPS) is 10.4. The lowest BCUT2D eigenvalue weighted by atomic mass is 10.3. The maximum absolute atomic E-state index is 4.07. The Labute approximate surface area is 77.3 Å². The first-order chi connectivity index (χ1) is 6.33. The molecule has 2 N–H and O–H groups in total. The van der Waals surface area contributed by atoms with E-state index in [9.17, 15) is 0 Å². The number of anilines is 2. The summed E-state index contributed by atoms with van der Waals surface area (Å²) in [6.45, 7) is 0. The second-order valence-electron chi connectivity index (χ2n) is 2.37. The molecule has 1 aromatic rings. The van der Waals surface area contributed by atoms with Gasteiger partial charge in [0.15, 0.2) is 0 Å². The molecule has 70 valence electrons. The summed E-state index contributed by atoms with van der Waals surface area (Å²) < 4.78 is 0. The summed E-state index contributed by atoms with van der Waals surface area (Å²) >= 11 is 0. The minimum absolute atomic E-state index is 0.768. The van der Waals surface area contributed by atoms with Crippen LogP contribution >= 0.6 is 0 Å². The highest BCUT2D eigenvalue weighted by atomic mass is 15.1. The quantitative estimate of drug-likeness (QED) is 0.667. The van der Waals surface area contributed by atoms with Crippen LogP contribution in [0.3, 0.4) is 0 Å². The standard InChI is InChI=1S/C8H13N5/c1-9-4-6-7(10-2)12-5-13-8(6)11-3/h4-5H,1-3H3,(H2,10,11,12,13)/b9-4-. The van der Waals surface area contributed by atoms with Gasteiger partial charge in [0.05, 0.1) is 5.56 Å². The van der Waals surface area contributed by atoms with Crippen LogP contribution in [0.5, 0.6) is 0 Å². The van der Waals surface area contributed by atoms with Gasteiger partial charge in [0.25, 0.3) is 0 Å². The fourth-order valence-electron chi connectivity index (χ4n) is 1.05. The monoisotopic (exact) mass is 179 g/mol. The molecule has 0 fully saturated rings. The molecule has 0 spiro atoms. The number of hydrogen-bond donors (Lipinski definition) is 2. The summed E-state index contributed by atoms with van der Waals surface area (Å²) in [6, 6.07) is 0. The highest BCUT2D eigenvalue weighted by Crippen LogP contribution is 2.15. The number of nitrogens with one attached hydrogen (secondary N) is 2. The van der Waals surface area contributed by atoms with Crippen LogP contribution in [0, 0.1) is 0 Å². The summed E-state index contributed by atoms with van der Waals surface area (Å²) in [7, 11) is 5.34. The van der Waals surface area contributed by atoms with Gasteiger partial charge in [-0.25, -0.2) is 9.97 Å². The molecule has 5 nitrogen and oxygen atoms in total. The first-order valence-corrected chi connectivity index (χ1v) is 3.96. The van der Waals surface area contributed by atoms with Crippen LogP contribution in [0.15, 0.2) is 11.3 Å². The van der Waals surface area contributed by atoms with Gasteiger partial charge in [0.1, 0.15) is 18.0 Å². The molecular formula is C8H13N5. The van der Waals surface area contributed by atoms with Crippen LogP contribution in [-0.4, -0.2) is 37.3 Å². The molecule has 1 rings (SSSR count). The predicted octanol–water partition coefficient (Wildman–Crippen LogP) is 0.609. The van der Waals surface area contributed by atoms with Crippen molar-refractivity contribution < 1.29 is 0 Å². The average Bonchev–Trinajstić information content (AvgIpc) is 2.18. The van der Waals surface area contributed by atoms with Crippen LogP contribution in [0.4, 0.5) is 11.6 Å². The van der Waals surface area contributed by atoms with Gasteiger partial charge in [-0.05, 0) is 0 Å². The van der Waals surface area contributed by atoms with Crippen molar-refractivity contribution >= 4 is 17.9 Å². The van der Waals surface area contributed by atoms with Gasteiger partial charge >= 0.3 is 0 Å². The van der Waals surface area contributed by atoms with Crippen molar-refractivity contribution in [3.8, 4) is 0 Å². The molecule has 0 amide bonds. The molecular weight excluding hydrogens is 166 g/mol. The average molecular weight is 179 g/mol. The van der Waals surface area contributed by atoms with E-state index in [2.05, 4.69) is 25.6 Å². The lowest BCUT2D eigenvalue weighted by Crippen LogP contribution is -2.04. The number of nitrogens with zero attached hydrogens (tertiary/aromatic N) is 3. The molecule has 0 aliphatic carbocycles. The van der Waals surface area contributed by atoms with E-state index in [1.54, 1.807) is 13.3 Å². The number of aliphatic imine (C=N–C) groups is 1. The summed E-state index contributed by atoms with van der Waals surface area (Å²) in [6.07, 6.45) is 3.22. The van der Waals surface area contributed by atoms with Crippen molar-refractivity contribution in [2.45, 2.75) is 0 Å². The molecule has 1 aromatic heterocycles. The molecule has 13 heavy (non-hydrogen) atoms. The van der Waals surface area contributed by atoms with Gasteiger partial charge in [-0.15, -0.1) is 0 Å². The molecule has 0 unspecified atom stereocenters. The van der Waals surface area contributed by atoms with Crippen molar-refractivity contribution in [2.75, 3.05) is 31.8 Å². The molecule has 0 atom stereocenters. The fourth-order valence-corrected chi connectivity index (χ4v) is 1.05. The van der Waals surface area contributed by atoms with E-state index in [4.69, 9.17) is 0 Å². The fraction of sp³-hybridized carbons (Fsp3) is 0.375. The lowest BCUT2D eigenvalue weighted by molar-refractivity contribution is 1.14. The molecule has 0 bridgehead atoms. The Bertz CT molecular complexity index is 285. The highest BCUT2D eigenvalue weighted by Gasteiger charge is 2.05. The Morgan fingerprint density at radius 2 is 1.77 bits per heavy atom. The van der Waals surface area contributed by atoms with Crippen LogP contribution in [0.2, 0.25) is 0 Å². The third-order valence-corrected chi connectivity index (χ3v) is 1.62. The van der Waals surface area contributed by atoms with Crippen molar-refractivity contribution in [2.24, 2.45) is 4.99 Å². The minimum Gasteiger partial charge on any atom is -0.372 e. The zero-order valence-electron chi connectivity index (χ0n) is 8.00. The molecule has 5 heteroatoms. The van der Waals surface area contributed by atoms with E-state index in [-0.39, 0.29) is 0 Å². The highest BCUT2D eigenvalue weighted by molar-refractivity contribution is 5.92. The van der Waals surface area contributed by atoms with E-state index in [1.165, 1.54) is 6.33 Å². The molecule has 1 heterocycles. The van der Waals surface area contributed by atoms with Gasteiger partial charge < -0.3 is 10.6 Å². The van der Waals surface area contributed by atoms with Crippen LogP contribution < -0.4 is 10.6 Å². The topological polar surface area (TPSA) is 62.2 Å². The van der Waals surface area contributed by atoms with Crippen LogP contribution in [0.25, 0.3) is 0 Å². The van der Waals surface area contributed by atoms with Crippen molar-refractivity contribution in [3.63, 3.8) is 0 Å². The van der Waals surface area contributed by atoms with Crippen LogP contribution in [-0.2, 0) is 0 Å².